The molecule has 0 amide bonds. The van der Waals surface area contributed by atoms with E-state index in [0.29, 0.717) is 0 Å². The smallest absolute Gasteiger partial charge is 0.0946 e. The molecule has 0 radical (unpaired) electrons. The molecule has 0 aliphatic carbocycles. The van der Waals surface area contributed by atoms with Gasteiger partial charge in [-0.25, -0.2) is 0 Å². The van der Waals surface area contributed by atoms with Crippen molar-refractivity contribution < 1.29 is 0 Å². The molecule has 0 aliphatic rings. The van der Waals surface area contributed by atoms with E-state index in [1.807, 2.05) is 0 Å². The number of rotatable bonds is 4. The second-order valence-corrected chi connectivity index (χ2v) is 2.84. The van der Waals surface area contributed by atoms with Crippen LogP contribution in [0.5, 0.6) is 0 Å². The minimum Gasteiger partial charge on any atom is -0.180 e. The Morgan fingerprint density at radius 1 is 1.14 bits per heavy atom. The van der Waals surface area contributed by atoms with Gasteiger partial charge in [0, 0.05) is 0 Å². The molecule has 0 aromatic rings. The topological polar surface area (TPSA) is 0 Å². The Labute approximate surface area is 53.5 Å². The summed E-state index contributed by atoms with van der Waals surface area (Å²) in [5, 5.41) is 0. The second-order valence-electron chi connectivity index (χ2n) is 1.61. The molecule has 0 saturated carbocycles. The predicted molar refractivity (Wildman–Crippen MR) is 48.7 cm³/mol. The molecule has 0 aromatic carbocycles. The fourth-order valence-electron chi connectivity index (χ4n) is 0.391. The number of thioether (sulfide) groups is 1. The van der Waals surface area contributed by atoms with Crippen LogP contribution >= 0.6 is 11.8 Å². The third-order valence-electron chi connectivity index (χ3n) is 0.697. The summed E-state index contributed by atoms with van der Waals surface area (Å²) < 4.78 is 0. The van der Waals surface area contributed by atoms with Crippen LogP contribution in [0.25, 0.3) is 0 Å². The van der Waals surface area contributed by atoms with Crippen molar-refractivity contribution in [3.8, 4) is 0 Å². The van der Waals surface area contributed by atoms with Gasteiger partial charge in [0.25, 0.3) is 0 Å². The molecular formula is C2H10B4S. The van der Waals surface area contributed by atoms with Gasteiger partial charge in [-0.05, 0) is 11.3 Å². The molecule has 0 heterocycles. The van der Waals surface area contributed by atoms with Crippen molar-refractivity contribution in [2.24, 2.45) is 0 Å². The molecule has 0 rings (SSSR count). The summed E-state index contributed by atoms with van der Waals surface area (Å²) in [6.45, 7) is 0. The van der Waals surface area contributed by atoms with Crippen LogP contribution in [0.3, 0.4) is 0 Å². The molecule has 0 nitrogen and oxygen atoms in total. The first-order chi connectivity index (χ1) is 3.41. The van der Waals surface area contributed by atoms with Gasteiger partial charge in [-0.15, -0.1) is 0 Å². The summed E-state index contributed by atoms with van der Waals surface area (Å²) in [4.78, 5) is 0. The third-order valence-corrected chi connectivity index (χ3v) is 2.09. The lowest BCUT2D eigenvalue weighted by Gasteiger charge is -1.89. The van der Waals surface area contributed by atoms with E-state index in [2.05, 4.69) is 27.2 Å². The van der Waals surface area contributed by atoms with E-state index in [-0.39, 0.29) is 0 Å². The van der Waals surface area contributed by atoms with Crippen LogP contribution < -0.4 is 0 Å². The normalized spacial score (nSPS) is 8.00. The molecule has 0 fully saturated rings. The molecule has 0 atom stereocenters. The van der Waals surface area contributed by atoms with Gasteiger partial charge in [0.05, 0.1) is 29.8 Å². The van der Waals surface area contributed by atoms with Gasteiger partial charge >= 0.3 is 0 Å². The Kier molecular flexibility index (Phi) is 7.19. The van der Waals surface area contributed by atoms with Crippen LogP contribution in [0, 0.1) is 0 Å². The Morgan fingerprint density at radius 3 is 1.86 bits per heavy atom. The molecule has 0 aliphatic heterocycles. The maximum absolute atomic E-state index is 2.22. The minimum absolute atomic E-state index is 1.32. The van der Waals surface area contributed by atoms with Crippen LogP contribution in [-0.2, 0) is 0 Å². The van der Waals surface area contributed by atoms with E-state index in [1.165, 1.54) is 25.6 Å². The van der Waals surface area contributed by atoms with E-state index in [9.17, 15) is 0 Å². The minimum atomic E-state index is 1.32. The SMILES string of the molecule is BBCSCBB. The fourth-order valence-corrected chi connectivity index (χ4v) is 1.17. The van der Waals surface area contributed by atoms with Crippen LogP contribution in [0.2, 0.25) is 0 Å². The van der Waals surface area contributed by atoms with Crippen molar-refractivity contribution in [3.05, 3.63) is 0 Å². The second kappa shape index (κ2) is 6.61. The summed E-state index contributed by atoms with van der Waals surface area (Å²) >= 11 is 2.05. The molecule has 0 aromatic heterocycles. The zero-order valence-corrected chi connectivity index (χ0v) is 6.05. The van der Waals surface area contributed by atoms with Gasteiger partial charge in [-0.3, -0.25) is 0 Å². The lowest BCUT2D eigenvalue weighted by Crippen LogP contribution is -1.98. The monoisotopic (exact) mass is 110 g/mol. The van der Waals surface area contributed by atoms with Gasteiger partial charge in [0.1, 0.15) is 0 Å². The maximum atomic E-state index is 2.22. The van der Waals surface area contributed by atoms with Gasteiger partial charge in [0.15, 0.2) is 0 Å². The van der Waals surface area contributed by atoms with Crippen LogP contribution in [0.15, 0.2) is 0 Å². The first-order valence-corrected chi connectivity index (χ1v) is 4.15. The Morgan fingerprint density at radius 2 is 1.57 bits per heavy atom. The average molecular weight is 109 g/mol. The van der Waals surface area contributed by atoms with E-state index in [1.54, 1.807) is 0 Å². The van der Waals surface area contributed by atoms with Gasteiger partial charge < -0.3 is 0 Å². The zero-order valence-electron chi connectivity index (χ0n) is 5.24. The molecule has 0 spiro atoms. The highest BCUT2D eigenvalue weighted by atomic mass is 32.2. The molecule has 0 N–H and O–H groups in total. The van der Waals surface area contributed by atoms with Gasteiger partial charge in [-0.1, -0.05) is 0 Å². The summed E-state index contributed by atoms with van der Waals surface area (Å²) in [5.74, 6) is 0. The summed E-state index contributed by atoms with van der Waals surface area (Å²) in [6.07, 6.45) is 0. The molecule has 0 saturated heterocycles. The average Bonchev–Trinajstić information content (AvgIpc) is 1.69. The van der Waals surface area contributed by atoms with Crippen molar-refractivity contribution in [2.45, 2.75) is 0 Å². The van der Waals surface area contributed by atoms with Gasteiger partial charge in [-0.2, -0.15) is 11.8 Å². The van der Waals surface area contributed by atoms with Crippen molar-refractivity contribution in [2.75, 3.05) is 11.3 Å². The lowest BCUT2D eigenvalue weighted by molar-refractivity contribution is 2.09. The maximum Gasteiger partial charge on any atom is 0.0946 e. The molecular weight excluding hydrogens is 99.3 g/mol. The first kappa shape index (κ1) is 7.61. The van der Waals surface area contributed by atoms with Crippen LogP contribution in [0.1, 0.15) is 0 Å². The predicted octanol–water partition coefficient (Wildman–Crippen LogP) is -2.40. The highest BCUT2D eigenvalue weighted by molar-refractivity contribution is 8.02. The Balaban J connectivity index is 2.45. The summed E-state index contributed by atoms with van der Waals surface area (Å²) in [5.41, 5.74) is 2.68. The largest absolute Gasteiger partial charge is 0.180 e. The van der Waals surface area contributed by atoms with Crippen LogP contribution in [0.4, 0.5) is 0 Å². The molecule has 5 heteroatoms. The highest BCUT2D eigenvalue weighted by Crippen LogP contribution is 1.92. The van der Waals surface area contributed by atoms with Crippen molar-refractivity contribution in [1.82, 2.24) is 0 Å². The Hall–Kier alpha value is 0.610. The molecule has 7 heavy (non-hydrogen) atoms. The van der Waals surface area contributed by atoms with E-state index in [4.69, 9.17) is 0 Å². The van der Waals surface area contributed by atoms with E-state index < -0.39 is 0 Å². The zero-order chi connectivity index (χ0) is 5.54. The van der Waals surface area contributed by atoms with Crippen LogP contribution in [-0.4, -0.2) is 41.1 Å². The summed E-state index contributed by atoms with van der Waals surface area (Å²) in [6, 6.07) is 0. The Bertz CT molecular complexity index is 28.9. The molecule has 0 bridgehead atoms. The van der Waals surface area contributed by atoms with E-state index >= 15 is 0 Å². The highest BCUT2D eigenvalue weighted by Gasteiger charge is 1.83. The first-order valence-electron chi connectivity index (χ1n) is 2.99. The molecule has 0 unspecified atom stereocenters. The number of hydrogen-bond donors (Lipinski definition) is 0. The number of hydrogen-bond acceptors (Lipinski definition) is 1. The summed E-state index contributed by atoms with van der Waals surface area (Å²) in [7, 11) is 7.10. The molecule has 36 valence electrons. The van der Waals surface area contributed by atoms with Crippen molar-refractivity contribution >= 4 is 41.6 Å². The quantitative estimate of drug-likeness (QED) is 0.287. The van der Waals surface area contributed by atoms with Gasteiger partial charge in [0.2, 0.25) is 0 Å². The fraction of sp³-hybridized carbons (Fsp3) is 1.00. The lowest BCUT2D eigenvalue weighted by atomic mass is 9.58. The van der Waals surface area contributed by atoms with Crippen molar-refractivity contribution in [1.29, 1.82) is 0 Å². The standard InChI is InChI=1S/C2H10B4S/c3-5-1-7-2-6-4/h5-6H,1-4H2. The van der Waals surface area contributed by atoms with Crippen molar-refractivity contribution in [3.63, 3.8) is 0 Å². The van der Waals surface area contributed by atoms with E-state index in [0.717, 1.165) is 0 Å². The third kappa shape index (κ3) is 6.61.